The van der Waals surface area contributed by atoms with Crippen LogP contribution in [0.25, 0.3) is 0 Å². The molecule has 0 radical (unpaired) electrons. The smallest absolute Gasteiger partial charge is 0.193 e. The number of hydrogen-bond acceptors (Lipinski definition) is 3. The van der Waals surface area contributed by atoms with E-state index in [1.165, 1.54) is 19.3 Å². The van der Waals surface area contributed by atoms with Crippen LogP contribution in [0.5, 0.6) is 0 Å². The molecule has 0 unspecified atom stereocenters. The van der Waals surface area contributed by atoms with Crippen LogP contribution in [0.15, 0.2) is 17.6 Å². The Labute approximate surface area is 147 Å². The van der Waals surface area contributed by atoms with Gasteiger partial charge >= 0.3 is 0 Å². The lowest BCUT2D eigenvalue weighted by Crippen LogP contribution is -2.40. The summed E-state index contributed by atoms with van der Waals surface area (Å²) in [5.41, 5.74) is 0. The van der Waals surface area contributed by atoms with Crippen LogP contribution in [0.2, 0.25) is 0 Å². The van der Waals surface area contributed by atoms with E-state index in [-0.39, 0.29) is 24.0 Å². The fourth-order valence-corrected chi connectivity index (χ4v) is 1.78. The number of guanidine groups is 1. The molecule has 0 saturated carbocycles. The van der Waals surface area contributed by atoms with Gasteiger partial charge in [-0.2, -0.15) is 0 Å². The van der Waals surface area contributed by atoms with Crippen molar-refractivity contribution in [2.24, 2.45) is 4.99 Å². The molecule has 5 nitrogen and oxygen atoms in total. The summed E-state index contributed by atoms with van der Waals surface area (Å²) >= 11 is 0. The molecule has 0 aliphatic carbocycles. The zero-order valence-electron chi connectivity index (χ0n) is 13.8. The summed E-state index contributed by atoms with van der Waals surface area (Å²) in [5, 5.41) is 3.29. The van der Waals surface area contributed by atoms with Crippen LogP contribution in [0.3, 0.4) is 0 Å². The molecular formula is C15H32IN3O2. The minimum Gasteiger partial charge on any atom is -0.382 e. The van der Waals surface area contributed by atoms with Crippen molar-refractivity contribution in [1.82, 2.24) is 10.2 Å². The SMILES string of the molecule is C=CCCCCCN(C)C(=NC)NCCOCCOC.I. The highest BCUT2D eigenvalue weighted by molar-refractivity contribution is 14.0. The van der Waals surface area contributed by atoms with Gasteiger partial charge in [0, 0.05) is 34.3 Å². The van der Waals surface area contributed by atoms with E-state index in [1.54, 1.807) is 7.11 Å². The van der Waals surface area contributed by atoms with E-state index in [2.05, 4.69) is 28.8 Å². The third kappa shape index (κ3) is 14.4. The normalized spacial score (nSPS) is 10.9. The second kappa shape index (κ2) is 17.7. The topological polar surface area (TPSA) is 46.1 Å². The fourth-order valence-electron chi connectivity index (χ4n) is 1.78. The Bertz CT molecular complexity index is 263. The Morgan fingerprint density at radius 3 is 2.62 bits per heavy atom. The zero-order valence-corrected chi connectivity index (χ0v) is 16.1. The molecule has 21 heavy (non-hydrogen) atoms. The first-order valence-corrected chi connectivity index (χ1v) is 7.35. The van der Waals surface area contributed by atoms with Crippen LogP contribution >= 0.6 is 24.0 Å². The molecule has 0 spiro atoms. The van der Waals surface area contributed by atoms with Crippen molar-refractivity contribution < 1.29 is 9.47 Å². The van der Waals surface area contributed by atoms with Gasteiger partial charge in [-0.1, -0.05) is 12.5 Å². The van der Waals surface area contributed by atoms with E-state index < -0.39 is 0 Å². The molecule has 0 aromatic carbocycles. The van der Waals surface area contributed by atoms with E-state index in [0.29, 0.717) is 19.8 Å². The number of allylic oxidation sites excluding steroid dienone is 1. The second-order valence-electron chi connectivity index (χ2n) is 4.64. The Hall–Kier alpha value is -0.340. The first-order chi connectivity index (χ1) is 9.76. The maximum Gasteiger partial charge on any atom is 0.193 e. The Morgan fingerprint density at radius 2 is 2.00 bits per heavy atom. The number of nitrogens with zero attached hydrogens (tertiary/aromatic N) is 2. The van der Waals surface area contributed by atoms with E-state index in [0.717, 1.165) is 25.5 Å². The molecule has 0 fully saturated rings. The molecule has 0 amide bonds. The average molecular weight is 413 g/mol. The molecule has 0 rings (SSSR count). The van der Waals surface area contributed by atoms with Crippen molar-refractivity contribution in [3.8, 4) is 0 Å². The first kappa shape index (κ1) is 22.9. The molecule has 6 heteroatoms. The predicted molar refractivity (Wildman–Crippen MR) is 101 cm³/mol. The molecule has 0 bridgehead atoms. The summed E-state index contributed by atoms with van der Waals surface area (Å²) in [6.45, 7) is 7.45. The Morgan fingerprint density at radius 1 is 1.24 bits per heavy atom. The van der Waals surface area contributed by atoms with Gasteiger partial charge in [0.2, 0.25) is 0 Å². The second-order valence-corrected chi connectivity index (χ2v) is 4.64. The summed E-state index contributed by atoms with van der Waals surface area (Å²) in [7, 11) is 5.55. The van der Waals surface area contributed by atoms with Gasteiger partial charge < -0.3 is 19.7 Å². The molecule has 0 atom stereocenters. The predicted octanol–water partition coefficient (Wildman–Crippen LogP) is 2.52. The van der Waals surface area contributed by atoms with E-state index in [1.807, 2.05) is 13.1 Å². The molecule has 1 N–H and O–H groups in total. The van der Waals surface area contributed by atoms with Gasteiger partial charge in [-0.15, -0.1) is 30.6 Å². The largest absolute Gasteiger partial charge is 0.382 e. The van der Waals surface area contributed by atoms with Gasteiger partial charge in [0.05, 0.1) is 19.8 Å². The van der Waals surface area contributed by atoms with Crippen LogP contribution in [0.4, 0.5) is 0 Å². The fraction of sp³-hybridized carbons (Fsp3) is 0.800. The van der Waals surface area contributed by atoms with Crippen LogP contribution < -0.4 is 5.32 Å². The lowest BCUT2D eigenvalue weighted by atomic mass is 10.2. The third-order valence-electron chi connectivity index (χ3n) is 2.94. The summed E-state index contributed by atoms with van der Waals surface area (Å²) in [4.78, 5) is 6.43. The maximum absolute atomic E-state index is 5.40. The van der Waals surface area contributed by atoms with E-state index in [4.69, 9.17) is 9.47 Å². The van der Waals surface area contributed by atoms with Gasteiger partial charge in [0.15, 0.2) is 5.96 Å². The van der Waals surface area contributed by atoms with Crippen molar-refractivity contribution in [2.45, 2.75) is 25.7 Å². The van der Waals surface area contributed by atoms with Crippen molar-refractivity contribution in [3.63, 3.8) is 0 Å². The minimum atomic E-state index is 0. The number of rotatable bonds is 12. The molecule has 126 valence electrons. The van der Waals surface area contributed by atoms with Gasteiger partial charge in [-0.05, 0) is 19.3 Å². The van der Waals surface area contributed by atoms with Crippen molar-refractivity contribution in [2.75, 3.05) is 54.1 Å². The summed E-state index contributed by atoms with van der Waals surface area (Å²) in [6.07, 6.45) is 6.71. The number of methoxy groups -OCH3 is 1. The quantitative estimate of drug-likeness (QED) is 0.176. The van der Waals surface area contributed by atoms with Crippen LogP contribution in [0.1, 0.15) is 25.7 Å². The summed E-state index contributed by atoms with van der Waals surface area (Å²) in [6, 6.07) is 0. The zero-order chi connectivity index (χ0) is 15.1. The number of ether oxygens (including phenoxy) is 2. The molecule has 0 aliphatic rings. The van der Waals surface area contributed by atoms with Gasteiger partial charge in [0.1, 0.15) is 0 Å². The number of unbranched alkanes of at least 4 members (excludes halogenated alkanes) is 3. The maximum atomic E-state index is 5.40. The number of hydrogen-bond donors (Lipinski definition) is 1. The molecule has 0 saturated heterocycles. The lowest BCUT2D eigenvalue weighted by Gasteiger charge is -2.22. The molecular weight excluding hydrogens is 381 g/mol. The van der Waals surface area contributed by atoms with Gasteiger partial charge in [-0.25, -0.2) is 0 Å². The molecule has 0 aromatic rings. The molecule has 0 aromatic heterocycles. The third-order valence-corrected chi connectivity index (χ3v) is 2.94. The number of aliphatic imine (C=N–C) groups is 1. The first-order valence-electron chi connectivity index (χ1n) is 7.35. The van der Waals surface area contributed by atoms with Crippen molar-refractivity contribution in [1.29, 1.82) is 0 Å². The van der Waals surface area contributed by atoms with Crippen molar-refractivity contribution in [3.05, 3.63) is 12.7 Å². The summed E-state index contributed by atoms with van der Waals surface area (Å²) < 4.78 is 10.3. The van der Waals surface area contributed by atoms with Crippen LogP contribution in [-0.2, 0) is 9.47 Å². The number of nitrogens with one attached hydrogen (secondary N) is 1. The van der Waals surface area contributed by atoms with E-state index >= 15 is 0 Å². The minimum absolute atomic E-state index is 0. The van der Waals surface area contributed by atoms with Gasteiger partial charge in [0.25, 0.3) is 0 Å². The van der Waals surface area contributed by atoms with E-state index in [9.17, 15) is 0 Å². The monoisotopic (exact) mass is 413 g/mol. The highest BCUT2D eigenvalue weighted by Crippen LogP contribution is 2.01. The average Bonchev–Trinajstić information content (AvgIpc) is 2.46. The van der Waals surface area contributed by atoms with Crippen molar-refractivity contribution >= 4 is 29.9 Å². The summed E-state index contributed by atoms with van der Waals surface area (Å²) in [5.74, 6) is 0.920. The highest BCUT2D eigenvalue weighted by atomic mass is 127. The van der Waals surface area contributed by atoms with Crippen LogP contribution in [-0.4, -0.2) is 65.0 Å². The Balaban J connectivity index is 0. The molecule has 0 aliphatic heterocycles. The number of halogens is 1. The van der Waals surface area contributed by atoms with Crippen LogP contribution in [0, 0.1) is 0 Å². The standard InChI is InChI=1S/C15H31N3O2.HI/c1-5-6-7-8-9-11-18(3)15(16-2)17-10-12-20-14-13-19-4;/h5H,1,6-14H2,2-4H3,(H,16,17);1H. The molecule has 0 heterocycles. The van der Waals surface area contributed by atoms with Gasteiger partial charge in [-0.3, -0.25) is 4.99 Å². The Kier molecular flexibility index (Phi) is 19.3. The lowest BCUT2D eigenvalue weighted by molar-refractivity contribution is 0.0731. The highest BCUT2D eigenvalue weighted by Gasteiger charge is 2.04.